The van der Waals surface area contributed by atoms with Crippen LogP contribution < -0.4 is 0 Å². The minimum absolute atomic E-state index is 0. The fraction of sp³-hybridized carbons (Fsp3) is 0.286. The van der Waals surface area contributed by atoms with E-state index < -0.39 is 0 Å². The van der Waals surface area contributed by atoms with E-state index in [0.29, 0.717) is 9.93 Å². The summed E-state index contributed by atoms with van der Waals surface area (Å²) in [6.45, 7) is 5.81. The van der Waals surface area contributed by atoms with Crippen molar-refractivity contribution in [2.75, 3.05) is 13.1 Å². The monoisotopic (exact) mass is 374 g/mol. The number of thioether (sulfide) groups is 1. The van der Waals surface area contributed by atoms with Crippen LogP contribution in [0.2, 0.25) is 5.02 Å². The normalized spacial score (nSPS) is 16.1. The number of halogens is 2. The summed E-state index contributed by atoms with van der Waals surface area (Å²) in [5.41, 5.74) is 0.955. The summed E-state index contributed by atoms with van der Waals surface area (Å²) in [5, 5.41) is 1.47. The van der Waals surface area contributed by atoms with Gasteiger partial charge in [-0.2, -0.15) is 4.99 Å². The van der Waals surface area contributed by atoms with Crippen molar-refractivity contribution < 1.29 is 4.79 Å². The van der Waals surface area contributed by atoms with E-state index in [1.165, 1.54) is 11.8 Å². The van der Waals surface area contributed by atoms with Crippen LogP contribution in [0.25, 0.3) is 6.08 Å². The van der Waals surface area contributed by atoms with Gasteiger partial charge in [0.15, 0.2) is 5.17 Å². The van der Waals surface area contributed by atoms with Crippen molar-refractivity contribution in [1.82, 2.24) is 4.90 Å². The summed E-state index contributed by atoms with van der Waals surface area (Å²) in [5.74, 6) is -0.165. The first kappa shape index (κ1) is 17.3. The van der Waals surface area contributed by atoms with E-state index >= 15 is 0 Å². The average molecular weight is 376 g/mol. The number of benzene rings is 1. The lowest BCUT2D eigenvalue weighted by molar-refractivity contribution is -0.113. The van der Waals surface area contributed by atoms with Crippen molar-refractivity contribution in [2.45, 2.75) is 13.8 Å². The lowest BCUT2D eigenvalue weighted by Gasteiger charge is -2.18. The molecule has 0 saturated carbocycles. The Morgan fingerprint density at radius 2 is 1.85 bits per heavy atom. The maximum absolute atomic E-state index is 11.9. The van der Waals surface area contributed by atoms with Gasteiger partial charge in [0.25, 0.3) is 5.91 Å². The molecule has 1 amide bonds. The zero-order chi connectivity index (χ0) is 13.8. The fourth-order valence-corrected chi connectivity index (χ4v) is 2.90. The summed E-state index contributed by atoms with van der Waals surface area (Å²) >= 11 is 7.27. The van der Waals surface area contributed by atoms with E-state index in [4.69, 9.17) is 11.6 Å². The van der Waals surface area contributed by atoms with Crippen LogP contribution in [0.4, 0.5) is 0 Å². The smallest absolute Gasteiger partial charge is 0.286 e. The Hall–Kier alpha value is -0.780. The van der Waals surface area contributed by atoms with E-state index in [0.717, 1.165) is 23.8 Å². The quantitative estimate of drug-likeness (QED) is 0.741. The van der Waals surface area contributed by atoms with Crippen molar-refractivity contribution in [3.63, 3.8) is 0 Å². The predicted molar refractivity (Wildman–Crippen MR) is 92.7 cm³/mol. The molecule has 0 unspecified atom stereocenters. The highest BCUT2D eigenvalue weighted by Crippen LogP contribution is 2.30. The molecule has 0 bridgehead atoms. The van der Waals surface area contributed by atoms with Gasteiger partial charge in [-0.1, -0.05) is 23.7 Å². The second-order valence-corrected chi connectivity index (χ2v) is 5.48. The second-order valence-electron chi connectivity index (χ2n) is 4.03. The summed E-state index contributed by atoms with van der Waals surface area (Å²) in [6.07, 6.45) is 1.85. The molecule has 1 aliphatic heterocycles. The van der Waals surface area contributed by atoms with Crippen LogP contribution in [0, 0.1) is 0 Å². The number of hydrogen-bond donors (Lipinski definition) is 0. The van der Waals surface area contributed by atoms with Crippen LogP contribution in [0.3, 0.4) is 0 Å². The number of rotatable bonds is 3. The lowest BCUT2D eigenvalue weighted by Crippen LogP contribution is -2.26. The zero-order valence-electron chi connectivity index (χ0n) is 11.3. The third-order valence-corrected chi connectivity index (χ3v) is 4.11. The minimum atomic E-state index is -0.165. The molecular weight excluding hydrogens is 360 g/mol. The molecule has 1 aliphatic rings. The summed E-state index contributed by atoms with van der Waals surface area (Å²) in [7, 11) is 0. The van der Waals surface area contributed by atoms with Crippen molar-refractivity contribution in [1.29, 1.82) is 0 Å². The zero-order valence-corrected chi connectivity index (χ0v) is 14.6. The maximum atomic E-state index is 11.9. The number of hydrogen-bond acceptors (Lipinski definition) is 3. The Balaban J connectivity index is 0.00000200. The summed E-state index contributed by atoms with van der Waals surface area (Å²) < 4.78 is 0. The van der Waals surface area contributed by atoms with Gasteiger partial charge in [-0.3, -0.25) is 4.79 Å². The van der Waals surface area contributed by atoms with Crippen molar-refractivity contribution in [3.05, 3.63) is 39.8 Å². The molecule has 6 heteroatoms. The van der Waals surface area contributed by atoms with Crippen molar-refractivity contribution in [2.24, 2.45) is 4.99 Å². The van der Waals surface area contributed by atoms with E-state index in [2.05, 4.69) is 23.7 Å². The Morgan fingerprint density at radius 1 is 1.25 bits per heavy atom. The van der Waals surface area contributed by atoms with Crippen LogP contribution in [-0.4, -0.2) is 29.1 Å². The first-order chi connectivity index (χ1) is 9.13. The molecule has 1 aromatic carbocycles. The number of carbonyl (C=O) groups excluding carboxylic acids is 1. The molecule has 2 rings (SSSR count). The molecule has 20 heavy (non-hydrogen) atoms. The molecule has 1 heterocycles. The highest BCUT2D eigenvalue weighted by molar-refractivity contribution is 8.93. The number of aliphatic imine (C=N–C) groups is 1. The molecule has 0 spiro atoms. The first-order valence-electron chi connectivity index (χ1n) is 6.17. The Morgan fingerprint density at radius 3 is 2.40 bits per heavy atom. The number of amidine groups is 1. The largest absolute Gasteiger partial charge is 0.351 e. The van der Waals surface area contributed by atoms with Crippen LogP contribution in [0.1, 0.15) is 19.4 Å². The van der Waals surface area contributed by atoms with Gasteiger partial charge in [-0.15, -0.1) is 17.0 Å². The molecular formula is C14H16BrClN2OS. The van der Waals surface area contributed by atoms with Gasteiger partial charge in [-0.05, 0) is 49.4 Å². The SMILES string of the molecule is Br.CCN(CC)C1=NC(=O)C(=Cc2ccc(Cl)cc2)S1. The van der Waals surface area contributed by atoms with Crippen LogP contribution >= 0.6 is 40.3 Å². The second kappa shape index (κ2) is 7.86. The molecule has 0 N–H and O–H groups in total. The molecule has 0 aliphatic carbocycles. The van der Waals surface area contributed by atoms with Gasteiger partial charge in [0.1, 0.15) is 0 Å². The van der Waals surface area contributed by atoms with Gasteiger partial charge >= 0.3 is 0 Å². The van der Waals surface area contributed by atoms with Crippen LogP contribution in [-0.2, 0) is 4.79 Å². The standard InChI is InChI=1S/C14H15ClN2OS.BrH/c1-3-17(4-2)14-16-13(18)12(19-14)9-10-5-7-11(15)8-6-10;/h5-9H,3-4H2,1-2H3;1H. The van der Waals surface area contributed by atoms with Crippen molar-refractivity contribution in [3.8, 4) is 0 Å². The predicted octanol–water partition coefficient (Wildman–Crippen LogP) is 4.23. The molecule has 0 radical (unpaired) electrons. The molecule has 0 saturated heterocycles. The van der Waals surface area contributed by atoms with Gasteiger partial charge in [0.05, 0.1) is 4.91 Å². The molecule has 1 aromatic rings. The van der Waals surface area contributed by atoms with E-state index in [1.54, 1.807) is 0 Å². The fourth-order valence-electron chi connectivity index (χ4n) is 1.74. The molecule has 108 valence electrons. The highest BCUT2D eigenvalue weighted by atomic mass is 79.9. The minimum Gasteiger partial charge on any atom is -0.351 e. The van der Waals surface area contributed by atoms with E-state index in [9.17, 15) is 4.79 Å². The molecule has 0 aromatic heterocycles. The first-order valence-corrected chi connectivity index (χ1v) is 7.36. The Kier molecular flexibility index (Phi) is 6.79. The summed E-state index contributed by atoms with van der Waals surface area (Å²) in [6, 6.07) is 7.39. The highest BCUT2D eigenvalue weighted by Gasteiger charge is 2.24. The number of amides is 1. The third-order valence-electron chi connectivity index (χ3n) is 2.81. The van der Waals surface area contributed by atoms with Crippen LogP contribution in [0.5, 0.6) is 0 Å². The van der Waals surface area contributed by atoms with Crippen molar-refractivity contribution >= 4 is 57.5 Å². The topological polar surface area (TPSA) is 32.7 Å². The molecule has 0 fully saturated rings. The van der Waals surface area contributed by atoms with E-state index in [1.807, 2.05) is 30.3 Å². The van der Waals surface area contributed by atoms with Crippen LogP contribution in [0.15, 0.2) is 34.2 Å². The number of nitrogens with zero attached hydrogens (tertiary/aromatic N) is 2. The van der Waals surface area contributed by atoms with Gasteiger partial charge in [0, 0.05) is 18.1 Å². The molecule has 3 nitrogen and oxygen atoms in total. The average Bonchev–Trinajstić information content (AvgIpc) is 2.75. The van der Waals surface area contributed by atoms with E-state index in [-0.39, 0.29) is 22.9 Å². The Labute approximate surface area is 138 Å². The summed E-state index contributed by atoms with van der Waals surface area (Å²) in [4.78, 5) is 18.7. The molecule has 0 atom stereocenters. The van der Waals surface area contributed by atoms with Gasteiger partial charge in [-0.25, -0.2) is 0 Å². The third kappa shape index (κ3) is 4.11. The Bertz CT molecular complexity index is 539. The lowest BCUT2D eigenvalue weighted by atomic mass is 10.2. The number of carbonyl (C=O) groups is 1. The maximum Gasteiger partial charge on any atom is 0.286 e. The van der Waals surface area contributed by atoms with Gasteiger partial charge < -0.3 is 4.90 Å². The van der Waals surface area contributed by atoms with Gasteiger partial charge in [0.2, 0.25) is 0 Å².